The molecule has 0 fully saturated rings. The van der Waals surface area contributed by atoms with Crippen molar-refractivity contribution in [3.05, 3.63) is 58.4 Å². The van der Waals surface area contributed by atoms with Crippen molar-refractivity contribution in [3.63, 3.8) is 0 Å². The molecule has 0 bridgehead atoms. The summed E-state index contributed by atoms with van der Waals surface area (Å²) >= 11 is 10.9. The fourth-order valence-electron chi connectivity index (χ4n) is 1.70. The van der Waals surface area contributed by atoms with Crippen molar-refractivity contribution in [3.8, 4) is 0 Å². The van der Waals surface area contributed by atoms with Gasteiger partial charge in [0.15, 0.2) is 0 Å². The second-order valence-electron chi connectivity index (χ2n) is 4.14. The zero-order valence-electron chi connectivity index (χ0n) is 10.2. The molecule has 0 unspecified atom stereocenters. The van der Waals surface area contributed by atoms with Crippen LogP contribution in [0.1, 0.15) is 11.1 Å². The van der Waals surface area contributed by atoms with Gasteiger partial charge in [-0.25, -0.2) is 4.39 Å². The first kappa shape index (κ1) is 13.8. The number of nitrogens with one attached hydrogen (secondary N) is 1. The molecule has 2 aromatic rings. The van der Waals surface area contributed by atoms with E-state index in [-0.39, 0.29) is 10.8 Å². The van der Waals surface area contributed by atoms with Crippen molar-refractivity contribution in [2.24, 2.45) is 5.73 Å². The van der Waals surface area contributed by atoms with E-state index in [1.165, 1.54) is 12.1 Å². The largest absolute Gasteiger partial charge is 0.389 e. The second kappa shape index (κ2) is 5.55. The van der Waals surface area contributed by atoms with Gasteiger partial charge in [-0.1, -0.05) is 29.9 Å². The average Bonchev–Trinajstić information content (AvgIpc) is 2.35. The van der Waals surface area contributed by atoms with Gasteiger partial charge in [-0.3, -0.25) is 0 Å². The number of hydrogen-bond donors (Lipinski definition) is 2. The van der Waals surface area contributed by atoms with Gasteiger partial charge < -0.3 is 11.1 Å². The van der Waals surface area contributed by atoms with E-state index < -0.39 is 0 Å². The Morgan fingerprint density at radius 1 is 1.21 bits per heavy atom. The van der Waals surface area contributed by atoms with Gasteiger partial charge in [0.1, 0.15) is 10.8 Å². The summed E-state index contributed by atoms with van der Waals surface area (Å²) in [4.78, 5) is 0.140. The average molecular weight is 295 g/mol. The lowest BCUT2D eigenvalue weighted by Gasteiger charge is -2.13. The van der Waals surface area contributed by atoms with Crippen LogP contribution in [0.4, 0.5) is 15.8 Å². The maximum absolute atomic E-state index is 13.2. The van der Waals surface area contributed by atoms with Gasteiger partial charge in [-0.15, -0.1) is 0 Å². The molecule has 0 aromatic heterocycles. The number of benzene rings is 2. The van der Waals surface area contributed by atoms with Crippen molar-refractivity contribution in [2.45, 2.75) is 6.92 Å². The summed E-state index contributed by atoms with van der Waals surface area (Å²) in [6.45, 7) is 1.95. The minimum Gasteiger partial charge on any atom is -0.389 e. The van der Waals surface area contributed by atoms with Crippen LogP contribution in [0.3, 0.4) is 0 Å². The third kappa shape index (κ3) is 3.22. The molecule has 19 heavy (non-hydrogen) atoms. The number of halogens is 2. The first-order valence-electron chi connectivity index (χ1n) is 5.60. The highest BCUT2D eigenvalue weighted by Crippen LogP contribution is 2.26. The van der Waals surface area contributed by atoms with Crippen molar-refractivity contribution < 1.29 is 4.39 Å². The molecule has 0 spiro atoms. The van der Waals surface area contributed by atoms with Crippen LogP contribution in [0.25, 0.3) is 0 Å². The minimum absolute atomic E-state index is 0.140. The van der Waals surface area contributed by atoms with Crippen LogP contribution < -0.4 is 11.1 Å². The minimum atomic E-state index is -0.379. The summed E-state index contributed by atoms with van der Waals surface area (Å²) < 4.78 is 13.2. The third-order valence-electron chi connectivity index (χ3n) is 2.72. The quantitative estimate of drug-likeness (QED) is 0.835. The number of hydrogen-bond acceptors (Lipinski definition) is 2. The van der Waals surface area contributed by atoms with E-state index in [4.69, 9.17) is 29.6 Å². The number of nitrogens with two attached hydrogens (primary N) is 1. The molecule has 0 saturated carbocycles. The van der Waals surface area contributed by atoms with Crippen LogP contribution in [-0.2, 0) is 0 Å². The molecule has 0 amide bonds. The summed E-state index contributed by atoms with van der Waals surface area (Å²) in [7, 11) is 0. The third-order valence-corrected chi connectivity index (χ3v) is 3.17. The Morgan fingerprint density at radius 2 is 1.95 bits per heavy atom. The lowest BCUT2D eigenvalue weighted by molar-refractivity contribution is 0.628. The molecule has 0 saturated heterocycles. The summed E-state index contributed by atoms with van der Waals surface area (Å²) in [6, 6.07) is 9.76. The maximum Gasteiger partial charge on any atom is 0.124 e. The molecule has 3 N–H and O–H groups in total. The molecule has 5 heteroatoms. The predicted molar refractivity (Wildman–Crippen MR) is 81.8 cm³/mol. The van der Waals surface area contributed by atoms with Crippen LogP contribution in [0.15, 0.2) is 36.4 Å². The van der Waals surface area contributed by atoms with Crippen LogP contribution in [0, 0.1) is 12.7 Å². The normalized spacial score (nSPS) is 10.3. The van der Waals surface area contributed by atoms with Crippen molar-refractivity contribution in [1.29, 1.82) is 0 Å². The Morgan fingerprint density at radius 3 is 2.63 bits per heavy atom. The van der Waals surface area contributed by atoms with Gasteiger partial charge in [0, 0.05) is 22.0 Å². The lowest BCUT2D eigenvalue weighted by Crippen LogP contribution is -2.12. The number of anilines is 2. The molecule has 0 aliphatic heterocycles. The number of aryl methyl sites for hydroxylation is 1. The van der Waals surface area contributed by atoms with Gasteiger partial charge in [0.25, 0.3) is 0 Å². The fourth-order valence-corrected chi connectivity index (χ4v) is 2.04. The SMILES string of the molecule is Cc1ccc(Cl)cc1Nc1ccc(F)cc1C(N)=S. The van der Waals surface area contributed by atoms with Gasteiger partial charge in [-0.05, 0) is 42.8 Å². The predicted octanol–water partition coefficient (Wildman–Crippen LogP) is 4.17. The van der Waals surface area contributed by atoms with Gasteiger partial charge in [0.2, 0.25) is 0 Å². The molecule has 2 aromatic carbocycles. The van der Waals surface area contributed by atoms with E-state index in [0.717, 1.165) is 11.3 Å². The maximum atomic E-state index is 13.2. The molecular weight excluding hydrogens is 283 g/mol. The van der Waals surface area contributed by atoms with Crippen LogP contribution >= 0.6 is 23.8 Å². The first-order chi connectivity index (χ1) is 8.97. The van der Waals surface area contributed by atoms with Crippen molar-refractivity contribution >= 4 is 40.2 Å². The monoisotopic (exact) mass is 294 g/mol. The zero-order valence-corrected chi connectivity index (χ0v) is 11.8. The Balaban J connectivity index is 2.43. The summed E-state index contributed by atoms with van der Waals surface area (Å²) in [5.41, 5.74) is 8.57. The summed E-state index contributed by atoms with van der Waals surface area (Å²) in [6.07, 6.45) is 0. The Bertz CT molecular complexity index is 643. The van der Waals surface area contributed by atoms with Crippen LogP contribution in [0.2, 0.25) is 5.02 Å². The highest BCUT2D eigenvalue weighted by atomic mass is 35.5. The molecule has 0 aliphatic rings. The Labute approximate surface area is 121 Å². The summed E-state index contributed by atoms with van der Waals surface area (Å²) in [5.74, 6) is -0.379. The topological polar surface area (TPSA) is 38.0 Å². The molecule has 0 heterocycles. The van der Waals surface area contributed by atoms with Crippen molar-refractivity contribution in [2.75, 3.05) is 5.32 Å². The number of thiocarbonyl (C=S) groups is 1. The molecular formula is C14H12ClFN2S. The van der Waals surface area contributed by atoms with E-state index in [0.29, 0.717) is 16.3 Å². The smallest absolute Gasteiger partial charge is 0.124 e. The van der Waals surface area contributed by atoms with Crippen LogP contribution in [0.5, 0.6) is 0 Å². The highest BCUT2D eigenvalue weighted by molar-refractivity contribution is 7.80. The Hall–Kier alpha value is -1.65. The van der Waals surface area contributed by atoms with Crippen LogP contribution in [-0.4, -0.2) is 4.99 Å². The van der Waals surface area contributed by atoms with Gasteiger partial charge >= 0.3 is 0 Å². The van der Waals surface area contributed by atoms with E-state index >= 15 is 0 Å². The molecule has 98 valence electrons. The standard InChI is InChI=1S/C14H12ClFN2S/c1-8-2-3-9(15)6-13(8)18-12-5-4-10(16)7-11(12)14(17)19/h2-7,18H,1H3,(H2,17,19). The molecule has 0 radical (unpaired) electrons. The lowest BCUT2D eigenvalue weighted by atomic mass is 10.1. The number of rotatable bonds is 3. The van der Waals surface area contributed by atoms with Crippen molar-refractivity contribution in [1.82, 2.24) is 0 Å². The molecule has 0 atom stereocenters. The van der Waals surface area contributed by atoms with E-state index in [9.17, 15) is 4.39 Å². The molecule has 0 aliphatic carbocycles. The van der Waals surface area contributed by atoms with Gasteiger partial charge in [0.05, 0.1) is 0 Å². The summed E-state index contributed by atoms with van der Waals surface area (Å²) in [5, 5.41) is 3.79. The fraction of sp³-hybridized carbons (Fsp3) is 0.0714. The van der Waals surface area contributed by atoms with E-state index in [2.05, 4.69) is 5.32 Å². The molecule has 2 rings (SSSR count). The van der Waals surface area contributed by atoms with Gasteiger partial charge in [-0.2, -0.15) is 0 Å². The highest BCUT2D eigenvalue weighted by Gasteiger charge is 2.08. The molecule has 2 nitrogen and oxygen atoms in total. The zero-order chi connectivity index (χ0) is 14.0. The van der Waals surface area contributed by atoms with E-state index in [1.807, 2.05) is 13.0 Å². The Kier molecular flexibility index (Phi) is 4.02. The first-order valence-corrected chi connectivity index (χ1v) is 6.38. The second-order valence-corrected chi connectivity index (χ2v) is 5.01. The van der Waals surface area contributed by atoms with E-state index in [1.54, 1.807) is 18.2 Å².